The highest BCUT2D eigenvalue weighted by atomic mass is 16.2. The summed E-state index contributed by atoms with van der Waals surface area (Å²) in [4.78, 5) is 14.4. The zero-order chi connectivity index (χ0) is 15.2. The molecule has 0 aromatic heterocycles. The molecule has 0 bridgehead atoms. The lowest BCUT2D eigenvalue weighted by atomic mass is 10.1. The van der Waals surface area contributed by atoms with Crippen LogP contribution in [0.2, 0.25) is 0 Å². The molecular formula is C18H28N2O. The normalized spacial score (nSPS) is 22.0. The van der Waals surface area contributed by atoms with Crippen LogP contribution in [0.5, 0.6) is 0 Å². The molecule has 2 unspecified atom stereocenters. The van der Waals surface area contributed by atoms with E-state index in [1.807, 2.05) is 11.8 Å². The smallest absolute Gasteiger partial charge is 0.241 e. The number of rotatable bonds is 7. The number of hydrogen-bond acceptors (Lipinski definition) is 2. The second kappa shape index (κ2) is 7.60. The molecule has 21 heavy (non-hydrogen) atoms. The summed E-state index contributed by atoms with van der Waals surface area (Å²) in [6.45, 7) is 7.19. The Morgan fingerprint density at radius 2 is 1.81 bits per heavy atom. The Morgan fingerprint density at radius 3 is 2.43 bits per heavy atom. The number of nitrogens with zero attached hydrogens (tertiary/aromatic N) is 1. The van der Waals surface area contributed by atoms with Crippen molar-refractivity contribution in [3.05, 3.63) is 35.4 Å². The minimum absolute atomic E-state index is 0.0417. The predicted molar refractivity (Wildman–Crippen MR) is 87.0 cm³/mol. The third-order valence-corrected chi connectivity index (χ3v) is 4.33. The molecule has 1 fully saturated rings. The lowest BCUT2D eigenvalue weighted by Crippen LogP contribution is -2.31. The van der Waals surface area contributed by atoms with Crippen molar-refractivity contribution in [3.63, 3.8) is 0 Å². The third kappa shape index (κ3) is 3.85. The van der Waals surface area contributed by atoms with Gasteiger partial charge in [0.15, 0.2) is 0 Å². The van der Waals surface area contributed by atoms with E-state index in [-0.39, 0.29) is 18.1 Å². The number of benzene rings is 1. The quantitative estimate of drug-likeness (QED) is 0.777. The van der Waals surface area contributed by atoms with Crippen LogP contribution < -0.4 is 5.32 Å². The van der Waals surface area contributed by atoms with Gasteiger partial charge in [0.25, 0.3) is 0 Å². The topological polar surface area (TPSA) is 32.3 Å². The summed E-state index contributed by atoms with van der Waals surface area (Å²) in [5, 5.41) is 3.42. The monoisotopic (exact) mass is 288 g/mol. The highest BCUT2D eigenvalue weighted by Gasteiger charge is 2.36. The molecule has 1 amide bonds. The van der Waals surface area contributed by atoms with Crippen LogP contribution in [0.1, 0.15) is 63.7 Å². The van der Waals surface area contributed by atoms with Crippen LogP contribution >= 0.6 is 0 Å². The number of unbranched alkanes of at least 4 members (excludes halogenated alkanes) is 3. The molecule has 2 rings (SSSR count). The van der Waals surface area contributed by atoms with Crippen molar-refractivity contribution in [2.24, 2.45) is 0 Å². The maximum atomic E-state index is 12.3. The van der Waals surface area contributed by atoms with Gasteiger partial charge in [-0.1, -0.05) is 57.4 Å². The molecule has 3 nitrogen and oxygen atoms in total. The Hall–Kier alpha value is -1.35. The van der Waals surface area contributed by atoms with Gasteiger partial charge < -0.3 is 4.90 Å². The number of carbonyl (C=O) groups is 1. The molecule has 3 heteroatoms. The lowest BCUT2D eigenvalue weighted by molar-refractivity contribution is -0.129. The van der Waals surface area contributed by atoms with Crippen molar-refractivity contribution >= 4 is 5.91 Å². The molecule has 0 aliphatic carbocycles. The number of carbonyl (C=O) groups excluding carboxylic acids is 1. The summed E-state index contributed by atoms with van der Waals surface area (Å²) in [7, 11) is 0. The molecule has 0 radical (unpaired) electrons. The maximum Gasteiger partial charge on any atom is 0.241 e. The zero-order valence-corrected chi connectivity index (χ0v) is 13.6. The Morgan fingerprint density at radius 1 is 1.10 bits per heavy atom. The highest BCUT2D eigenvalue weighted by molar-refractivity contribution is 5.84. The van der Waals surface area contributed by atoms with E-state index in [4.69, 9.17) is 0 Å². The summed E-state index contributed by atoms with van der Waals surface area (Å²) in [6.07, 6.45) is 5.87. The molecule has 0 spiro atoms. The molecular weight excluding hydrogens is 260 g/mol. The van der Waals surface area contributed by atoms with Gasteiger partial charge in [-0.3, -0.25) is 10.1 Å². The summed E-state index contributed by atoms with van der Waals surface area (Å²) in [5.74, 6) is 0.232. The SMILES string of the molecule is CCCCCCN1C(=O)C(C)NC1c1ccc(CC)cc1. The Kier molecular flexibility index (Phi) is 5.80. The molecule has 0 saturated carbocycles. The molecule has 1 aromatic rings. The summed E-state index contributed by atoms with van der Waals surface area (Å²) in [5.41, 5.74) is 2.53. The molecule has 2 atom stereocenters. The number of aryl methyl sites for hydroxylation is 1. The Balaban J connectivity index is 2.05. The van der Waals surface area contributed by atoms with E-state index in [2.05, 4.69) is 43.4 Å². The van der Waals surface area contributed by atoms with Crippen molar-refractivity contribution in [1.82, 2.24) is 10.2 Å². The van der Waals surface area contributed by atoms with Crippen molar-refractivity contribution in [1.29, 1.82) is 0 Å². The number of amides is 1. The van der Waals surface area contributed by atoms with Crippen molar-refractivity contribution in [3.8, 4) is 0 Å². The fourth-order valence-corrected chi connectivity index (χ4v) is 2.93. The predicted octanol–water partition coefficient (Wildman–Crippen LogP) is 3.65. The fraction of sp³-hybridized carbons (Fsp3) is 0.611. The van der Waals surface area contributed by atoms with E-state index < -0.39 is 0 Å². The van der Waals surface area contributed by atoms with Gasteiger partial charge in [-0.2, -0.15) is 0 Å². The molecule has 1 aromatic carbocycles. The molecule has 1 heterocycles. The average Bonchev–Trinajstić information content (AvgIpc) is 2.80. The summed E-state index contributed by atoms with van der Waals surface area (Å²) >= 11 is 0. The first-order chi connectivity index (χ1) is 10.2. The summed E-state index contributed by atoms with van der Waals surface area (Å²) in [6, 6.07) is 8.56. The Bertz CT molecular complexity index is 455. The van der Waals surface area contributed by atoms with Crippen LogP contribution in [0.3, 0.4) is 0 Å². The molecule has 116 valence electrons. The van der Waals surface area contributed by atoms with Crippen LogP contribution in [-0.2, 0) is 11.2 Å². The van der Waals surface area contributed by atoms with Gasteiger partial charge in [-0.05, 0) is 30.9 Å². The van der Waals surface area contributed by atoms with E-state index in [9.17, 15) is 4.79 Å². The fourth-order valence-electron chi connectivity index (χ4n) is 2.93. The molecule has 1 saturated heterocycles. The lowest BCUT2D eigenvalue weighted by Gasteiger charge is -2.24. The first-order valence-corrected chi connectivity index (χ1v) is 8.32. The van der Waals surface area contributed by atoms with E-state index >= 15 is 0 Å². The number of nitrogens with one attached hydrogen (secondary N) is 1. The highest BCUT2D eigenvalue weighted by Crippen LogP contribution is 2.26. The van der Waals surface area contributed by atoms with Crippen molar-refractivity contribution < 1.29 is 4.79 Å². The van der Waals surface area contributed by atoms with Crippen LogP contribution in [0.4, 0.5) is 0 Å². The van der Waals surface area contributed by atoms with Crippen molar-refractivity contribution in [2.45, 2.75) is 65.1 Å². The van der Waals surface area contributed by atoms with E-state index in [0.29, 0.717) is 0 Å². The van der Waals surface area contributed by atoms with Crippen LogP contribution in [0.15, 0.2) is 24.3 Å². The van der Waals surface area contributed by atoms with Crippen LogP contribution in [-0.4, -0.2) is 23.4 Å². The minimum atomic E-state index is -0.0768. The zero-order valence-electron chi connectivity index (χ0n) is 13.6. The summed E-state index contributed by atoms with van der Waals surface area (Å²) < 4.78 is 0. The van der Waals surface area contributed by atoms with E-state index in [0.717, 1.165) is 19.4 Å². The van der Waals surface area contributed by atoms with Crippen LogP contribution in [0, 0.1) is 0 Å². The minimum Gasteiger partial charge on any atom is -0.322 e. The van der Waals surface area contributed by atoms with Gasteiger partial charge in [0, 0.05) is 6.54 Å². The third-order valence-electron chi connectivity index (χ3n) is 4.33. The first-order valence-electron chi connectivity index (χ1n) is 8.32. The van der Waals surface area contributed by atoms with Gasteiger partial charge in [-0.25, -0.2) is 0 Å². The maximum absolute atomic E-state index is 12.3. The van der Waals surface area contributed by atoms with Crippen molar-refractivity contribution in [2.75, 3.05) is 6.54 Å². The van der Waals surface area contributed by atoms with Gasteiger partial charge in [0.05, 0.1) is 6.04 Å². The largest absolute Gasteiger partial charge is 0.322 e. The standard InChI is InChI=1S/C18H28N2O/c1-4-6-7-8-13-20-17(19-14(3)18(20)21)16-11-9-15(5-2)10-12-16/h9-12,14,17,19H,4-8,13H2,1-3H3. The molecule has 1 aliphatic heterocycles. The second-order valence-electron chi connectivity index (χ2n) is 5.98. The van der Waals surface area contributed by atoms with E-state index in [1.54, 1.807) is 0 Å². The Labute approximate surface area is 128 Å². The molecule has 1 aliphatic rings. The van der Waals surface area contributed by atoms with Crippen LogP contribution in [0.25, 0.3) is 0 Å². The first kappa shape index (κ1) is 16.0. The van der Waals surface area contributed by atoms with Gasteiger partial charge in [-0.15, -0.1) is 0 Å². The second-order valence-corrected chi connectivity index (χ2v) is 5.98. The van der Waals surface area contributed by atoms with E-state index in [1.165, 1.54) is 30.4 Å². The van der Waals surface area contributed by atoms with Gasteiger partial charge in [0.1, 0.15) is 6.17 Å². The molecule has 1 N–H and O–H groups in total. The number of hydrogen-bond donors (Lipinski definition) is 1. The average molecular weight is 288 g/mol. The van der Waals surface area contributed by atoms with Gasteiger partial charge in [0.2, 0.25) is 5.91 Å². The van der Waals surface area contributed by atoms with Gasteiger partial charge >= 0.3 is 0 Å².